The Balaban J connectivity index is 1.62. The predicted molar refractivity (Wildman–Crippen MR) is 120 cm³/mol. The number of aromatic nitrogens is 4. The predicted octanol–water partition coefficient (Wildman–Crippen LogP) is 4.10. The largest absolute Gasteiger partial charge is 0.420 e. The van der Waals surface area contributed by atoms with Gasteiger partial charge in [-0.3, -0.25) is 4.31 Å². The molecular formula is C19H19ClF3N7O3S. The molecule has 1 aliphatic heterocycles. The highest BCUT2D eigenvalue weighted by Crippen LogP contribution is 2.39. The fourth-order valence-corrected chi connectivity index (χ4v) is 5.37. The van der Waals surface area contributed by atoms with Gasteiger partial charge in [-0.15, -0.1) is 0 Å². The molecule has 1 aliphatic rings. The molecule has 4 rings (SSSR count). The summed E-state index contributed by atoms with van der Waals surface area (Å²) >= 11 is 5.94. The topological polar surface area (TPSA) is 122 Å². The molecule has 15 heteroatoms. The van der Waals surface area contributed by atoms with Crippen LogP contribution in [0.25, 0.3) is 5.65 Å². The zero-order chi connectivity index (χ0) is 24.8. The number of pyridine rings is 1. The zero-order valence-corrected chi connectivity index (χ0v) is 19.5. The summed E-state index contributed by atoms with van der Waals surface area (Å²) in [5, 5.41) is 9.20. The number of carbonyl (C=O) groups excluding carboxylic acids is 1. The van der Waals surface area contributed by atoms with Gasteiger partial charge in [0.2, 0.25) is 10.0 Å². The van der Waals surface area contributed by atoms with Gasteiger partial charge in [0.25, 0.3) is 0 Å². The molecule has 10 nitrogen and oxygen atoms in total. The van der Waals surface area contributed by atoms with E-state index in [0.29, 0.717) is 21.7 Å². The third kappa shape index (κ3) is 4.59. The van der Waals surface area contributed by atoms with Gasteiger partial charge in [0.1, 0.15) is 5.56 Å². The van der Waals surface area contributed by atoms with Gasteiger partial charge in [0.15, 0.2) is 16.6 Å². The molecule has 3 aromatic rings. The number of urea groups is 1. The molecule has 0 bridgehead atoms. The maximum Gasteiger partial charge on any atom is 0.420 e. The second-order valence-corrected chi connectivity index (χ2v) is 10.3. The van der Waals surface area contributed by atoms with Crippen molar-refractivity contribution in [3.05, 3.63) is 40.9 Å². The number of anilines is 3. The van der Waals surface area contributed by atoms with Crippen LogP contribution < -0.4 is 14.9 Å². The Labute approximate surface area is 197 Å². The van der Waals surface area contributed by atoms with E-state index in [0.717, 1.165) is 6.20 Å². The highest BCUT2D eigenvalue weighted by Gasteiger charge is 2.40. The Kier molecular flexibility index (Phi) is 6.06. The normalized spacial score (nSPS) is 15.8. The summed E-state index contributed by atoms with van der Waals surface area (Å²) in [6, 6.07) is 1.34. The molecule has 0 aromatic carbocycles. The smallest absolute Gasteiger partial charge is 0.306 e. The number of hydrogen-bond donors (Lipinski definition) is 2. The van der Waals surface area contributed by atoms with Gasteiger partial charge in [-0.25, -0.2) is 27.7 Å². The van der Waals surface area contributed by atoms with Crippen molar-refractivity contribution < 1.29 is 26.4 Å². The molecule has 0 saturated carbocycles. The fraction of sp³-hybridized carbons (Fsp3) is 0.368. The number of fused-ring (bicyclic) bond motifs is 1. The lowest BCUT2D eigenvalue weighted by atomic mass is 10.1. The van der Waals surface area contributed by atoms with Crippen molar-refractivity contribution in [2.24, 2.45) is 0 Å². The first-order valence-corrected chi connectivity index (χ1v) is 12.1. The summed E-state index contributed by atoms with van der Waals surface area (Å²) in [6.45, 7) is 3.62. The van der Waals surface area contributed by atoms with Crippen LogP contribution in [0.3, 0.4) is 0 Å². The van der Waals surface area contributed by atoms with Gasteiger partial charge >= 0.3 is 12.2 Å². The molecule has 3 aromatic heterocycles. The minimum Gasteiger partial charge on any atom is -0.306 e. The van der Waals surface area contributed by atoms with E-state index < -0.39 is 33.6 Å². The molecule has 1 fully saturated rings. The quantitative estimate of drug-likeness (QED) is 0.537. The number of alkyl halides is 3. The van der Waals surface area contributed by atoms with E-state index in [2.05, 4.69) is 25.7 Å². The molecule has 2 N–H and O–H groups in total. The Hall–Kier alpha value is -3.13. The first kappa shape index (κ1) is 24.0. The highest BCUT2D eigenvalue weighted by molar-refractivity contribution is 7.93. The molecule has 1 saturated heterocycles. The van der Waals surface area contributed by atoms with E-state index in [1.807, 2.05) is 13.8 Å². The maximum absolute atomic E-state index is 13.7. The number of sulfonamides is 1. The summed E-state index contributed by atoms with van der Waals surface area (Å²) in [6.07, 6.45) is -2.34. The van der Waals surface area contributed by atoms with Crippen molar-refractivity contribution in [2.45, 2.75) is 32.4 Å². The minimum atomic E-state index is -4.90. The van der Waals surface area contributed by atoms with E-state index in [1.165, 1.54) is 10.7 Å². The average molecular weight is 518 g/mol. The van der Waals surface area contributed by atoms with Gasteiger partial charge < -0.3 is 10.6 Å². The molecule has 34 heavy (non-hydrogen) atoms. The number of halogens is 4. The molecule has 182 valence electrons. The van der Waals surface area contributed by atoms with Gasteiger partial charge in [-0.2, -0.15) is 18.3 Å². The van der Waals surface area contributed by atoms with Crippen LogP contribution in [-0.2, 0) is 16.2 Å². The molecular weight excluding hydrogens is 499 g/mol. The highest BCUT2D eigenvalue weighted by atomic mass is 35.5. The van der Waals surface area contributed by atoms with E-state index in [1.54, 1.807) is 6.07 Å². The van der Waals surface area contributed by atoms with Crippen LogP contribution >= 0.6 is 11.6 Å². The van der Waals surface area contributed by atoms with Crippen LogP contribution in [-0.4, -0.2) is 46.3 Å². The molecule has 4 heterocycles. The van der Waals surface area contributed by atoms with Gasteiger partial charge in [0.05, 0.1) is 35.2 Å². The van der Waals surface area contributed by atoms with Crippen molar-refractivity contribution in [3.63, 3.8) is 0 Å². The van der Waals surface area contributed by atoms with Crippen molar-refractivity contribution >= 4 is 50.5 Å². The van der Waals surface area contributed by atoms with E-state index in [9.17, 15) is 26.4 Å². The van der Waals surface area contributed by atoms with Crippen molar-refractivity contribution in [2.75, 3.05) is 27.2 Å². The molecule has 0 atom stereocenters. The van der Waals surface area contributed by atoms with Crippen LogP contribution in [0.4, 0.5) is 35.2 Å². The second kappa shape index (κ2) is 8.58. The maximum atomic E-state index is 13.7. The first-order chi connectivity index (χ1) is 15.9. The standard InChI is InChI=1S/C19H19ClF3N7O3S/c1-10(2)16-13(9-24-15-7-14(20)28-30(15)16)27-18(31)26-11-6-12(19(21,22)23)17(25-8-11)29-4-3-5-34(29,32)33/h6-10H,3-5H2,1-2H3,(H2,26,27,31). The minimum absolute atomic E-state index is 0.101. The van der Waals surface area contributed by atoms with E-state index >= 15 is 0 Å². The summed E-state index contributed by atoms with van der Waals surface area (Å²) in [4.78, 5) is 20.5. The Morgan fingerprint density at radius 2 is 1.91 bits per heavy atom. The number of carbonyl (C=O) groups is 1. The summed E-state index contributed by atoms with van der Waals surface area (Å²) < 4.78 is 67.4. The number of nitrogens with one attached hydrogen (secondary N) is 2. The van der Waals surface area contributed by atoms with Crippen molar-refractivity contribution in [1.29, 1.82) is 0 Å². The molecule has 0 radical (unpaired) electrons. The van der Waals surface area contributed by atoms with Crippen LogP contribution in [0.2, 0.25) is 5.15 Å². The van der Waals surface area contributed by atoms with Crippen LogP contribution in [0.15, 0.2) is 24.5 Å². The Morgan fingerprint density at radius 3 is 2.53 bits per heavy atom. The lowest BCUT2D eigenvalue weighted by Crippen LogP contribution is -2.29. The van der Waals surface area contributed by atoms with Gasteiger partial charge in [0, 0.05) is 12.6 Å². The third-order valence-corrected chi connectivity index (χ3v) is 7.07. The van der Waals surface area contributed by atoms with Crippen LogP contribution in [0.1, 0.15) is 37.4 Å². The summed E-state index contributed by atoms with van der Waals surface area (Å²) in [7, 11) is -3.88. The Bertz CT molecular complexity index is 1380. The first-order valence-electron chi connectivity index (χ1n) is 10.1. The lowest BCUT2D eigenvalue weighted by Gasteiger charge is -2.21. The van der Waals surface area contributed by atoms with Gasteiger partial charge in [-0.1, -0.05) is 25.4 Å². The number of amides is 2. The third-order valence-electron chi connectivity index (χ3n) is 5.05. The number of nitrogens with zero attached hydrogens (tertiary/aromatic N) is 5. The average Bonchev–Trinajstić information content (AvgIpc) is 3.27. The van der Waals surface area contributed by atoms with Crippen LogP contribution in [0.5, 0.6) is 0 Å². The molecule has 0 aliphatic carbocycles. The Morgan fingerprint density at radius 1 is 1.18 bits per heavy atom. The SMILES string of the molecule is CC(C)c1c(NC(=O)Nc2cnc(N3CCCS3(=O)=O)c(C(F)(F)F)c2)cnc2cc(Cl)nn12. The lowest BCUT2D eigenvalue weighted by molar-refractivity contribution is -0.137. The molecule has 2 amide bonds. The fourth-order valence-electron chi connectivity index (χ4n) is 3.67. The second-order valence-electron chi connectivity index (χ2n) is 7.86. The zero-order valence-electron chi connectivity index (χ0n) is 17.9. The number of hydrogen-bond acceptors (Lipinski definition) is 6. The molecule has 0 spiro atoms. The van der Waals surface area contributed by atoms with Crippen LogP contribution in [0, 0.1) is 0 Å². The van der Waals surface area contributed by atoms with E-state index in [-0.39, 0.29) is 41.2 Å². The van der Waals surface area contributed by atoms with Gasteiger partial charge in [-0.05, 0) is 18.4 Å². The number of rotatable bonds is 4. The monoisotopic (exact) mass is 517 g/mol. The van der Waals surface area contributed by atoms with Crippen molar-refractivity contribution in [3.8, 4) is 0 Å². The molecule has 0 unspecified atom stereocenters. The summed E-state index contributed by atoms with van der Waals surface area (Å²) in [5.41, 5.74) is -0.217. The van der Waals surface area contributed by atoms with Crippen molar-refractivity contribution in [1.82, 2.24) is 19.6 Å². The summed E-state index contributed by atoms with van der Waals surface area (Å²) in [5.74, 6) is -1.09. The van der Waals surface area contributed by atoms with E-state index in [4.69, 9.17) is 11.6 Å².